The van der Waals surface area contributed by atoms with E-state index >= 15 is 0 Å². The van der Waals surface area contributed by atoms with Crippen LogP contribution in [0.3, 0.4) is 0 Å². The first-order valence-corrected chi connectivity index (χ1v) is 12.3. The van der Waals surface area contributed by atoms with Crippen molar-refractivity contribution in [3.05, 3.63) is 119 Å². The number of rotatable bonds is 4. The molecule has 0 fully saturated rings. The van der Waals surface area contributed by atoms with E-state index in [1.165, 1.54) is 11.1 Å². The second-order valence-corrected chi connectivity index (χ2v) is 9.54. The van der Waals surface area contributed by atoms with Crippen molar-refractivity contribution in [3.8, 4) is 5.75 Å². The SMILES string of the molecule is CC(=NNC(=O)c1cc2ccccc2cc1O)c1ccc2c(c1)[C@@H]1C=CC[C@@H]1[C@H](c1ccccc1)N2. The number of carbonyl (C=O) groups is 1. The molecule has 3 N–H and O–H groups in total. The number of hydrazone groups is 1. The molecule has 1 aliphatic carbocycles. The lowest BCUT2D eigenvalue weighted by Crippen LogP contribution is -2.29. The molecule has 1 amide bonds. The van der Waals surface area contributed by atoms with Crippen molar-refractivity contribution in [2.45, 2.75) is 25.3 Å². The standard InChI is InChI=1S/C31H27N3O2/c1-19(33-34-31(36)27-17-22-10-5-6-11-23(22)18-29(27)35)21-14-15-28-26(16-21)24-12-7-13-25(24)30(32-28)20-8-3-2-4-9-20/h2-12,14-18,24-25,30,32,35H,13H2,1H3,(H,34,36)/t24-,25+,30+/m1/s1. The molecular formula is C31H27N3O2. The molecule has 0 radical (unpaired) electrons. The Balaban J connectivity index is 1.25. The smallest absolute Gasteiger partial charge is 0.275 e. The maximum atomic E-state index is 12.8. The molecule has 1 heterocycles. The number of allylic oxidation sites excluding steroid dienone is 2. The van der Waals surface area contributed by atoms with Crippen molar-refractivity contribution < 1.29 is 9.90 Å². The number of fused-ring (bicyclic) bond motifs is 4. The highest BCUT2D eigenvalue weighted by molar-refractivity contribution is 6.04. The predicted octanol–water partition coefficient (Wildman–Crippen LogP) is 6.53. The van der Waals surface area contributed by atoms with Crippen molar-refractivity contribution in [2.24, 2.45) is 11.0 Å². The maximum absolute atomic E-state index is 12.8. The van der Waals surface area contributed by atoms with E-state index in [0.29, 0.717) is 17.5 Å². The molecule has 0 spiro atoms. The lowest BCUT2D eigenvalue weighted by Gasteiger charge is -2.37. The van der Waals surface area contributed by atoms with Gasteiger partial charge in [-0.05, 0) is 71.0 Å². The van der Waals surface area contributed by atoms with Crippen LogP contribution in [0.2, 0.25) is 0 Å². The number of nitrogens with one attached hydrogen (secondary N) is 2. The summed E-state index contributed by atoms with van der Waals surface area (Å²) in [6, 6.07) is 28.1. The third kappa shape index (κ3) is 3.93. The van der Waals surface area contributed by atoms with E-state index < -0.39 is 5.91 Å². The van der Waals surface area contributed by atoms with Crippen LogP contribution in [0.1, 0.15) is 52.4 Å². The number of hydrogen-bond donors (Lipinski definition) is 3. The normalized spacial score (nSPS) is 20.5. The van der Waals surface area contributed by atoms with Gasteiger partial charge in [-0.25, -0.2) is 5.43 Å². The van der Waals surface area contributed by atoms with Crippen LogP contribution in [-0.2, 0) is 0 Å². The van der Waals surface area contributed by atoms with E-state index in [4.69, 9.17) is 0 Å². The van der Waals surface area contributed by atoms with Crippen LogP contribution in [0.5, 0.6) is 5.75 Å². The molecule has 5 nitrogen and oxygen atoms in total. The molecular weight excluding hydrogens is 446 g/mol. The number of carbonyl (C=O) groups excluding carboxylic acids is 1. The third-order valence-corrected chi connectivity index (χ3v) is 7.37. The second-order valence-electron chi connectivity index (χ2n) is 9.54. The van der Waals surface area contributed by atoms with Gasteiger partial charge in [-0.1, -0.05) is 72.8 Å². The Morgan fingerprint density at radius 2 is 1.72 bits per heavy atom. The van der Waals surface area contributed by atoms with Crippen molar-refractivity contribution >= 4 is 28.1 Å². The minimum atomic E-state index is -0.443. The Morgan fingerprint density at radius 3 is 2.53 bits per heavy atom. The van der Waals surface area contributed by atoms with Crippen molar-refractivity contribution in [2.75, 3.05) is 5.32 Å². The summed E-state index contributed by atoms with van der Waals surface area (Å²) < 4.78 is 0. The van der Waals surface area contributed by atoms with Gasteiger partial charge in [0.2, 0.25) is 0 Å². The summed E-state index contributed by atoms with van der Waals surface area (Å²) in [6.07, 6.45) is 5.64. The van der Waals surface area contributed by atoms with Gasteiger partial charge in [0.15, 0.2) is 0 Å². The van der Waals surface area contributed by atoms with Crippen LogP contribution in [-0.4, -0.2) is 16.7 Å². The molecule has 4 aromatic rings. The van der Waals surface area contributed by atoms with E-state index in [0.717, 1.165) is 28.4 Å². The van der Waals surface area contributed by atoms with Gasteiger partial charge < -0.3 is 10.4 Å². The molecule has 2 aliphatic rings. The molecule has 0 bridgehead atoms. The minimum Gasteiger partial charge on any atom is -0.507 e. The molecule has 0 aromatic heterocycles. The molecule has 36 heavy (non-hydrogen) atoms. The second kappa shape index (κ2) is 9.00. The maximum Gasteiger partial charge on any atom is 0.275 e. The van der Waals surface area contributed by atoms with Crippen molar-refractivity contribution in [1.82, 2.24) is 5.43 Å². The van der Waals surface area contributed by atoms with Gasteiger partial charge in [0, 0.05) is 11.6 Å². The van der Waals surface area contributed by atoms with Crippen LogP contribution in [0.15, 0.2) is 102 Å². The summed E-state index contributed by atoms with van der Waals surface area (Å²) in [5.41, 5.74) is 8.18. The fraction of sp³-hybridized carbons (Fsp3) is 0.161. The van der Waals surface area contributed by atoms with Gasteiger partial charge in [0.1, 0.15) is 5.75 Å². The summed E-state index contributed by atoms with van der Waals surface area (Å²) >= 11 is 0. The Bertz CT molecular complexity index is 1520. The van der Waals surface area contributed by atoms with E-state index in [-0.39, 0.29) is 17.4 Å². The number of amides is 1. The highest BCUT2D eigenvalue weighted by atomic mass is 16.3. The van der Waals surface area contributed by atoms with Crippen LogP contribution in [0, 0.1) is 5.92 Å². The minimum absolute atomic E-state index is 0.0639. The first-order valence-electron chi connectivity index (χ1n) is 12.3. The molecule has 3 atom stereocenters. The number of phenols is 1. The largest absolute Gasteiger partial charge is 0.507 e. The average molecular weight is 474 g/mol. The molecule has 4 aromatic carbocycles. The summed E-state index contributed by atoms with van der Waals surface area (Å²) in [6.45, 7) is 1.88. The zero-order chi connectivity index (χ0) is 24.6. The molecule has 0 saturated carbocycles. The average Bonchev–Trinajstić information content (AvgIpc) is 3.41. The fourth-order valence-corrected chi connectivity index (χ4v) is 5.48. The highest BCUT2D eigenvalue weighted by Crippen LogP contribution is 2.49. The molecule has 0 saturated heterocycles. The van der Waals surface area contributed by atoms with E-state index in [1.54, 1.807) is 12.1 Å². The Morgan fingerprint density at radius 1 is 0.972 bits per heavy atom. The number of benzene rings is 4. The van der Waals surface area contributed by atoms with Gasteiger partial charge in [0.25, 0.3) is 5.91 Å². The van der Waals surface area contributed by atoms with Crippen LogP contribution < -0.4 is 10.7 Å². The quantitative estimate of drug-likeness (QED) is 0.179. The number of phenolic OH excluding ortho intramolecular Hbond substituents is 1. The Hall–Kier alpha value is -4.38. The van der Waals surface area contributed by atoms with Gasteiger partial charge in [-0.3, -0.25) is 4.79 Å². The monoisotopic (exact) mass is 473 g/mol. The van der Waals surface area contributed by atoms with E-state index in [2.05, 4.69) is 70.5 Å². The summed E-state index contributed by atoms with van der Waals surface area (Å²) in [7, 11) is 0. The molecule has 6 rings (SSSR count). The lowest BCUT2D eigenvalue weighted by molar-refractivity contribution is 0.0952. The highest BCUT2D eigenvalue weighted by Gasteiger charge is 2.37. The topological polar surface area (TPSA) is 73.7 Å². The van der Waals surface area contributed by atoms with E-state index in [9.17, 15) is 9.90 Å². The molecule has 5 heteroatoms. The first-order chi connectivity index (χ1) is 17.6. The molecule has 178 valence electrons. The zero-order valence-corrected chi connectivity index (χ0v) is 20.0. The zero-order valence-electron chi connectivity index (χ0n) is 20.0. The molecule has 1 aliphatic heterocycles. The Labute approximate surface area is 210 Å². The van der Waals surface area contributed by atoms with Crippen LogP contribution in [0.25, 0.3) is 10.8 Å². The van der Waals surface area contributed by atoms with Gasteiger partial charge in [-0.15, -0.1) is 0 Å². The van der Waals surface area contributed by atoms with Crippen LogP contribution >= 0.6 is 0 Å². The molecule has 0 unspecified atom stereocenters. The lowest BCUT2D eigenvalue weighted by atomic mass is 9.76. The van der Waals surface area contributed by atoms with E-state index in [1.807, 2.05) is 37.3 Å². The third-order valence-electron chi connectivity index (χ3n) is 7.37. The van der Waals surface area contributed by atoms with Crippen LogP contribution in [0.4, 0.5) is 5.69 Å². The predicted molar refractivity (Wildman–Crippen MR) is 145 cm³/mol. The number of hydrogen-bond acceptors (Lipinski definition) is 4. The van der Waals surface area contributed by atoms with Crippen molar-refractivity contribution in [1.29, 1.82) is 0 Å². The number of nitrogens with zero attached hydrogens (tertiary/aromatic N) is 1. The number of aromatic hydroxyl groups is 1. The summed E-state index contributed by atoms with van der Waals surface area (Å²) in [5.74, 6) is 0.291. The first kappa shape index (κ1) is 22.1. The summed E-state index contributed by atoms with van der Waals surface area (Å²) in [5, 5.41) is 20.2. The summed E-state index contributed by atoms with van der Waals surface area (Å²) in [4.78, 5) is 12.8. The fourth-order valence-electron chi connectivity index (χ4n) is 5.48. The van der Waals surface area contributed by atoms with Gasteiger partial charge in [-0.2, -0.15) is 5.10 Å². The number of anilines is 1. The van der Waals surface area contributed by atoms with Gasteiger partial charge in [0.05, 0.1) is 17.3 Å². The van der Waals surface area contributed by atoms with Gasteiger partial charge >= 0.3 is 0 Å². The Kier molecular flexibility index (Phi) is 5.53. The van der Waals surface area contributed by atoms with Crippen molar-refractivity contribution in [3.63, 3.8) is 0 Å².